The van der Waals surface area contributed by atoms with Gasteiger partial charge in [-0.3, -0.25) is 4.79 Å². The Hall–Kier alpha value is -1.88. The summed E-state index contributed by atoms with van der Waals surface area (Å²) in [6.45, 7) is 0. The topological polar surface area (TPSA) is 83.6 Å². The van der Waals surface area contributed by atoms with Gasteiger partial charge in [-0.2, -0.15) is 0 Å². The van der Waals surface area contributed by atoms with E-state index in [0.717, 1.165) is 11.1 Å². The molecular formula is C14H16N2O3. The molecule has 1 saturated heterocycles. The van der Waals surface area contributed by atoms with Crippen LogP contribution in [0, 0.1) is 0 Å². The van der Waals surface area contributed by atoms with Gasteiger partial charge in [-0.25, -0.2) is 4.79 Å². The smallest absolute Gasteiger partial charge is 0.326 e. The number of carboxylic acids is 1. The van der Waals surface area contributed by atoms with E-state index in [1.807, 2.05) is 24.3 Å². The molecule has 5 heteroatoms. The van der Waals surface area contributed by atoms with Gasteiger partial charge in [-0.1, -0.05) is 24.3 Å². The number of hydrogen-bond donors (Lipinski definition) is 2. The Labute approximate surface area is 111 Å². The van der Waals surface area contributed by atoms with E-state index in [1.54, 1.807) is 0 Å². The minimum atomic E-state index is -0.967. The van der Waals surface area contributed by atoms with Crippen molar-refractivity contribution in [1.82, 2.24) is 4.90 Å². The van der Waals surface area contributed by atoms with Crippen molar-refractivity contribution in [2.24, 2.45) is 5.73 Å². The van der Waals surface area contributed by atoms with E-state index < -0.39 is 12.0 Å². The molecule has 1 amide bonds. The Morgan fingerprint density at radius 1 is 1.32 bits per heavy atom. The van der Waals surface area contributed by atoms with Gasteiger partial charge in [-0.15, -0.1) is 0 Å². The fraction of sp³-hybridized carbons (Fsp3) is 0.429. The summed E-state index contributed by atoms with van der Waals surface area (Å²) in [5, 5.41) is 9.28. The number of benzene rings is 1. The van der Waals surface area contributed by atoms with E-state index in [0.29, 0.717) is 19.3 Å². The monoisotopic (exact) mass is 260 g/mol. The van der Waals surface area contributed by atoms with Crippen LogP contribution in [0.25, 0.3) is 0 Å². The van der Waals surface area contributed by atoms with Gasteiger partial charge in [0.05, 0.1) is 6.04 Å². The lowest BCUT2D eigenvalue weighted by Crippen LogP contribution is -2.41. The minimum Gasteiger partial charge on any atom is -0.480 e. The van der Waals surface area contributed by atoms with Crippen molar-refractivity contribution in [2.75, 3.05) is 0 Å². The standard InChI is InChI=1S/C14H16N2O3/c15-10-7-11(14(18)19)16-12(17)6-5-8-3-1-2-4-9(8)13(10)16/h1-4,10-11,13H,5-7,15H2,(H,18,19)/t10-,11-,13?/m0/s1. The molecule has 19 heavy (non-hydrogen) atoms. The number of hydrogen-bond acceptors (Lipinski definition) is 3. The molecule has 2 aliphatic rings. The molecule has 0 bridgehead atoms. The number of aliphatic carboxylic acids is 1. The zero-order valence-corrected chi connectivity index (χ0v) is 10.5. The van der Waals surface area contributed by atoms with Crippen molar-refractivity contribution >= 4 is 11.9 Å². The summed E-state index contributed by atoms with van der Waals surface area (Å²) in [6.07, 6.45) is 1.32. The van der Waals surface area contributed by atoms with Crippen LogP contribution in [-0.4, -0.2) is 34.0 Å². The highest BCUT2D eigenvalue weighted by Gasteiger charge is 2.47. The maximum Gasteiger partial charge on any atom is 0.326 e. The number of nitrogens with two attached hydrogens (primary N) is 1. The summed E-state index contributed by atoms with van der Waals surface area (Å²) in [5.74, 6) is -1.08. The quantitative estimate of drug-likeness (QED) is 0.778. The molecule has 0 radical (unpaired) electrons. The predicted octanol–water partition coefficient (Wildman–Crippen LogP) is 0.687. The van der Waals surface area contributed by atoms with Gasteiger partial charge in [0, 0.05) is 12.5 Å². The molecule has 2 heterocycles. The third-order valence-corrected chi connectivity index (χ3v) is 4.09. The summed E-state index contributed by atoms with van der Waals surface area (Å²) >= 11 is 0. The second-order valence-corrected chi connectivity index (χ2v) is 5.20. The van der Waals surface area contributed by atoms with Gasteiger partial charge in [0.25, 0.3) is 0 Å². The molecule has 1 aromatic carbocycles. The lowest BCUT2D eigenvalue weighted by molar-refractivity contribution is -0.149. The van der Waals surface area contributed by atoms with Gasteiger partial charge in [0.15, 0.2) is 0 Å². The molecule has 3 N–H and O–H groups in total. The molecule has 100 valence electrons. The van der Waals surface area contributed by atoms with Crippen molar-refractivity contribution in [1.29, 1.82) is 0 Å². The lowest BCUT2D eigenvalue weighted by Gasteiger charge is -2.28. The SMILES string of the molecule is N[C@H]1C[C@@H](C(=O)O)N2C(=O)CCc3ccccc3C12. The summed E-state index contributed by atoms with van der Waals surface area (Å²) < 4.78 is 0. The van der Waals surface area contributed by atoms with Crippen molar-refractivity contribution < 1.29 is 14.7 Å². The second-order valence-electron chi connectivity index (χ2n) is 5.20. The van der Waals surface area contributed by atoms with Crippen LogP contribution >= 0.6 is 0 Å². The maximum absolute atomic E-state index is 12.2. The number of carbonyl (C=O) groups excluding carboxylic acids is 1. The molecule has 1 unspecified atom stereocenters. The first-order chi connectivity index (χ1) is 9.09. The first-order valence-electron chi connectivity index (χ1n) is 6.47. The van der Waals surface area contributed by atoms with Crippen LogP contribution in [0.3, 0.4) is 0 Å². The highest BCUT2D eigenvalue weighted by atomic mass is 16.4. The molecule has 0 aromatic heterocycles. The van der Waals surface area contributed by atoms with Gasteiger partial charge >= 0.3 is 5.97 Å². The summed E-state index contributed by atoms with van der Waals surface area (Å²) in [7, 11) is 0. The van der Waals surface area contributed by atoms with E-state index in [-0.39, 0.29) is 18.0 Å². The van der Waals surface area contributed by atoms with Gasteiger partial charge in [0.1, 0.15) is 6.04 Å². The number of carboxylic acid groups (broad SMARTS) is 1. The van der Waals surface area contributed by atoms with Crippen LogP contribution in [0.1, 0.15) is 30.0 Å². The zero-order valence-electron chi connectivity index (χ0n) is 10.5. The number of aryl methyl sites for hydroxylation is 1. The Balaban J connectivity index is 2.10. The molecule has 2 aliphatic heterocycles. The summed E-state index contributed by atoms with van der Waals surface area (Å²) in [6, 6.07) is 6.39. The molecule has 3 atom stereocenters. The lowest BCUT2D eigenvalue weighted by atomic mass is 9.95. The largest absolute Gasteiger partial charge is 0.480 e. The minimum absolute atomic E-state index is 0.110. The van der Waals surface area contributed by atoms with Gasteiger partial charge < -0.3 is 15.7 Å². The van der Waals surface area contributed by atoms with Crippen LogP contribution in [-0.2, 0) is 16.0 Å². The van der Waals surface area contributed by atoms with E-state index >= 15 is 0 Å². The highest BCUT2D eigenvalue weighted by molar-refractivity contribution is 5.86. The van der Waals surface area contributed by atoms with Crippen LogP contribution in [0.5, 0.6) is 0 Å². The molecule has 1 fully saturated rings. The first kappa shape index (κ1) is 12.2. The third-order valence-electron chi connectivity index (χ3n) is 4.09. The van der Waals surface area contributed by atoms with Crippen LogP contribution in [0.4, 0.5) is 0 Å². The van der Waals surface area contributed by atoms with E-state index in [4.69, 9.17) is 5.73 Å². The molecule has 1 aromatic rings. The number of fused-ring (bicyclic) bond motifs is 3. The normalized spacial score (nSPS) is 29.6. The molecule has 0 saturated carbocycles. The fourth-order valence-corrected chi connectivity index (χ4v) is 3.25. The molecule has 3 rings (SSSR count). The van der Waals surface area contributed by atoms with E-state index in [1.165, 1.54) is 4.90 Å². The number of carbonyl (C=O) groups is 2. The predicted molar refractivity (Wildman–Crippen MR) is 68.4 cm³/mol. The summed E-state index contributed by atoms with van der Waals surface area (Å²) in [5.41, 5.74) is 8.21. The van der Waals surface area contributed by atoms with Gasteiger partial charge in [-0.05, 0) is 24.0 Å². The number of amides is 1. The van der Waals surface area contributed by atoms with Crippen molar-refractivity contribution in [3.8, 4) is 0 Å². The first-order valence-corrected chi connectivity index (χ1v) is 6.47. The van der Waals surface area contributed by atoms with Crippen molar-refractivity contribution in [3.63, 3.8) is 0 Å². The average Bonchev–Trinajstić information content (AvgIpc) is 2.66. The molecular weight excluding hydrogens is 244 g/mol. The number of rotatable bonds is 1. The summed E-state index contributed by atoms with van der Waals surface area (Å²) in [4.78, 5) is 25.0. The second kappa shape index (κ2) is 4.35. The van der Waals surface area contributed by atoms with E-state index in [9.17, 15) is 14.7 Å². The number of nitrogens with zero attached hydrogens (tertiary/aromatic N) is 1. The molecule has 0 spiro atoms. The van der Waals surface area contributed by atoms with Crippen LogP contribution < -0.4 is 5.73 Å². The maximum atomic E-state index is 12.2. The Morgan fingerprint density at radius 3 is 2.79 bits per heavy atom. The van der Waals surface area contributed by atoms with Gasteiger partial charge in [0.2, 0.25) is 5.91 Å². The van der Waals surface area contributed by atoms with E-state index in [2.05, 4.69) is 0 Å². The Bertz CT molecular complexity index is 543. The average molecular weight is 260 g/mol. The van der Waals surface area contributed by atoms with Crippen molar-refractivity contribution in [3.05, 3.63) is 35.4 Å². The molecule has 0 aliphatic carbocycles. The zero-order chi connectivity index (χ0) is 13.6. The van der Waals surface area contributed by atoms with Crippen LogP contribution in [0.15, 0.2) is 24.3 Å². The third kappa shape index (κ3) is 1.81. The van der Waals surface area contributed by atoms with Crippen molar-refractivity contribution in [2.45, 2.75) is 37.4 Å². The Morgan fingerprint density at radius 2 is 2.05 bits per heavy atom. The van der Waals surface area contributed by atoms with Crippen LogP contribution in [0.2, 0.25) is 0 Å². The Kier molecular flexibility index (Phi) is 2.78. The highest BCUT2D eigenvalue weighted by Crippen LogP contribution is 2.39. The molecule has 5 nitrogen and oxygen atoms in total. The fourth-order valence-electron chi connectivity index (χ4n) is 3.25.